The van der Waals surface area contributed by atoms with Crippen LogP contribution in [0.5, 0.6) is 0 Å². The van der Waals surface area contributed by atoms with E-state index in [1.165, 1.54) is 0 Å². The Hall–Kier alpha value is -1.92. The predicted molar refractivity (Wildman–Crippen MR) is 103 cm³/mol. The van der Waals surface area contributed by atoms with Crippen molar-refractivity contribution in [3.05, 3.63) is 40.7 Å². The summed E-state index contributed by atoms with van der Waals surface area (Å²) in [5.41, 5.74) is 8.12. The maximum absolute atomic E-state index is 13.0. The number of nitrogens with zero attached hydrogens (tertiary/aromatic N) is 4. The minimum atomic E-state index is -0.0372. The van der Waals surface area contributed by atoms with E-state index in [9.17, 15) is 4.79 Å². The van der Waals surface area contributed by atoms with Crippen LogP contribution < -0.4 is 5.73 Å². The van der Waals surface area contributed by atoms with Crippen molar-refractivity contribution in [3.8, 4) is 5.69 Å². The SMILES string of the molecule is CCCc1c(C(=O)N2CCC(C(C)N)CC2)nnn1-c1cccc(Cl)c1. The van der Waals surface area contributed by atoms with Gasteiger partial charge in [-0.15, -0.1) is 5.10 Å². The summed E-state index contributed by atoms with van der Waals surface area (Å²) in [5.74, 6) is 0.446. The summed E-state index contributed by atoms with van der Waals surface area (Å²) in [6.07, 6.45) is 3.52. The Morgan fingerprint density at radius 3 is 2.73 bits per heavy atom. The number of hydrogen-bond acceptors (Lipinski definition) is 4. The van der Waals surface area contributed by atoms with Crippen molar-refractivity contribution < 1.29 is 4.79 Å². The van der Waals surface area contributed by atoms with E-state index in [1.54, 1.807) is 4.68 Å². The quantitative estimate of drug-likeness (QED) is 0.871. The highest BCUT2D eigenvalue weighted by atomic mass is 35.5. The maximum atomic E-state index is 13.0. The molecule has 1 aliphatic rings. The van der Waals surface area contributed by atoms with Crippen LogP contribution in [0.1, 0.15) is 49.3 Å². The first-order valence-corrected chi connectivity index (χ1v) is 9.64. The fourth-order valence-electron chi connectivity index (χ4n) is 3.52. The minimum Gasteiger partial charge on any atom is -0.337 e. The number of aromatic nitrogens is 3. The molecule has 0 spiro atoms. The molecule has 0 aliphatic carbocycles. The van der Waals surface area contributed by atoms with E-state index < -0.39 is 0 Å². The van der Waals surface area contributed by atoms with Crippen molar-refractivity contribution in [2.75, 3.05) is 13.1 Å². The largest absolute Gasteiger partial charge is 0.337 e. The molecular weight excluding hydrogens is 350 g/mol. The summed E-state index contributed by atoms with van der Waals surface area (Å²) in [6, 6.07) is 7.61. The van der Waals surface area contributed by atoms with Gasteiger partial charge in [-0.1, -0.05) is 36.2 Å². The molecular formula is C19H26ClN5O. The molecule has 7 heteroatoms. The Labute approximate surface area is 159 Å². The summed E-state index contributed by atoms with van der Waals surface area (Å²) in [4.78, 5) is 14.9. The third-order valence-electron chi connectivity index (χ3n) is 5.08. The van der Waals surface area contributed by atoms with Gasteiger partial charge in [-0.05, 0) is 50.3 Å². The number of amides is 1. The molecule has 2 N–H and O–H groups in total. The van der Waals surface area contributed by atoms with Crippen LogP contribution in [0.25, 0.3) is 5.69 Å². The number of halogens is 1. The van der Waals surface area contributed by atoms with Gasteiger partial charge in [0, 0.05) is 24.2 Å². The van der Waals surface area contributed by atoms with Crippen LogP contribution >= 0.6 is 11.6 Å². The van der Waals surface area contributed by atoms with Gasteiger partial charge in [-0.3, -0.25) is 4.79 Å². The van der Waals surface area contributed by atoms with Gasteiger partial charge in [0.05, 0.1) is 11.4 Å². The average Bonchev–Trinajstić information content (AvgIpc) is 3.05. The lowest BCUT2D eigenvalue weighted by molar-refractivity contribution is 0.0673. The number of carbonyl (C=O) groups is 1. The fraction of sp³-hybridized carbons (Fsp3) is 0.526. The monoisotopic (exact) mass is 375 g/mol. The maximum Gasteiger partial charge on any atom is 0.276 e. The first kappa shape index (κ1) is 18.9. The molecule has 0 bridgehead atoms. The average molecular weight is 376 g/mol. The standard InChI is InChI=1S/C19H26ClN5O/c1-3-5-17-18(19(26)24-10-8-14(9-11-24)13(2)21)22-23-25(17)16-7-4-6-15(20)12-16/h4,6-7,12-14H,3,5,8-11,21H2,1-2H3. The molecule has 1 aromatic heterocycles. The third kappa shape index (κ3) is 3.91. The smallest absolute Gasteiger partial charge is 0.276 e. The van der Waals surface area contributed by atoms with E-state index in [1.807, 2.05) is 36.1 Å². The van der Waals surface area contributed by atoms with Gasteiger partial charge in [0.2, 0.25) is 0 Å². The molecule has 1 aromatic carbocycles. The van der Waals surface area contributed by atoms with Gasteiger partial charge < -0.3 is 10.6 Å². The van der Waals surface area contributed by atoms with Gasteiger partial charge in [0.1, 0.15) is 0 Å². The molecule has 140 valence electrons. The lowest BCUT2D eigenvalue weighted by Gasteiger charge is -2.33. The molecule has 0 saturated carbocycles. The number of benzene rings is 1. The number of carbonyl (C=O) groups excluding carboxylic acids is 1. The number of piperidine rings is 1. The lowest BCUT2D eigenvalue weighted by atomic mass is 9.91. The summed E-state index contributed by atoms with van der Waals surface area (Å²) in [7, 11) is 0. The van der Waals surface area contributed by atoms with Crippen LogP contribution in [-0.4, -0.2) is 44.9 Å². The van der Waals surface area contributed by atoms with Crippen molar-refractivity contribution in [1.82, 2.24) is 19.9 Å². The highest BCUT2D eigenvalue weighted by Gasteiger charge is 2.29. The van der Waals surface area contributed by atoms with E-state index in [0.29, 0.717) is 16.6 Å². The fourth-order valence-corrected chi connectivity index (χ4v) is 3.71. The van der Waals surface area contributed by atoms with Gasteiger partial charge in [-0.25, -0.2) is 4.68 Å². The molecule has 2 heterocycles. The zero-order chi connectivity index (χ0) is 18.7. The molecule has 0 radical (unpaired) electrons. The van der Waals surface area contributed by atoms with Crippen molar-refractivity contribution in [2.45, 2.75) is 45.6 Å². The summed E-state index contributed by atoms with van der Waals surface area (Å²) in [5, 5.41) is 9.10. The molecule has 1 fully saturated rings. The van der Waals surface area contributed by atoms with E-state index in [-0.39, 0.29) is 11.9 Å². The second-order valence-corrected chi connectivity index (χ2v) is 7.45. The van der Waals surface area contributed by atoms with E-state index in [0.717, 1.165) is 50.2 Å². The van der Waals surface area contributed by atoms with Crippen LogP contribution in [0.3, 0.4) is 0 Å². The van der Waals surface area contributed by atoms with Gasteiger partial charge in [0.15, 0.2) is 5.69 Å². The number of hydrogen-bond donors (Lipinski definition) is 1. The Bertz CT molecular complexity index is 765. The summed E-state index contributed by atoms with van der Waals surface area (Å²) in [6.45, 7) is 5.57. The number of rotatable bonds is 5. The molecule has 1 unspecified atom stereocenters. The summed E-state index contributed by atoms with van der Waals surface area (Å²) < 4.78 is 1.73. The normalized spacial score (nSPS) is 16.7. The predicted octanol–water partition coefficient (Wildman–Crippen LogP) is 3.07. The highest BCUT2D eigenvalue weighted by molar-refractivity contribution is 6.30. The number of likely N-dealkylation sites (tertiary alicyclic amines) is 1. The van der Waals surface area contributed by atoms with E-state index in [2.05, 4.69) is 17.2 Å². The molecule has 1 aliphatic heterocycles. The topological polar surface area (TPSA) is 77.0 Å². The third-order valence-corrected chi connectivity index (χ3v) is 5.31. The zero-order valence-corrected chi connectivity index (χ0v) is 16.1. The van der Waals surface area contributed by atoms with Crippen molar-refractivity contribution in [2.24, 2.45) is 11.7 Å². The van der Waals surface area contributed by atoms with Crippen LogP contribution in [0.2, 0.25) is 5.02 Å². The van der Waals surface area contributed by atoms with Crippen molar-refractivity contribution in [1.29, 1.82) is 0 Å². The van der Waals surface area contributed by atoms with Gasteiger partial charge >= 0.3 is 0 Å². The van der Waals surface area contributed by atoms with Gasteiger partial charge in [-0.2, -0.15) is 0 Å². The Morgan fingerprint density at radius 1 is 1.38 bits per heavy atom. The second-order valence-electron chi connectivity index (χ2n) is 7.02. The molecule has 1 amide bonds. The van der Waals surface area contributed by atoms with Crippen LogP contribution in [0.15, 0.2) is 24.3 Å². The van der Waals surface area contributed by atoms with Gasteiger partial charge in [0.25, 0.3) is 5.91 Å². The Kier molecular flexibility index (Phi) is 5.94. The first-order chi connectivity index (χ1) is 12.5. The van der Waals surface area contributed by atoms with Crippen LogP contribution in [-0.2, 0) is 6.42 Å². The van der Waals surface area contributed by atoms with E-state index >= 15 is 0 Å². The lowest BCUT2D eigenvalue weighted by Crippen LogP contribution is -2.42. The Morgan fingerprint density at radius 2 is 2.12 bits per heavy atom. The molecule has 1 atom stereocenters. The molecule has 3 rings (SSSR count). The number of nitrogens with two attached hydrogens (primary N) is 1. The van der Waals surface area contributed by atoms with Crippen LogP contribution in [0.4, 0.5) is 0 Å². The van der Waals surface area contributed by atoms with Crippen molar-refractivity contribution in [3.63, 3.8) is 0 Å². The molecule has 1 saturated heterocycles. The highest BCUT2D eigenvalue weighted by Crippen LogP contribution is 2.23. The summed E-state index contributed by atoms with van der Waals surface area (Å²) >= 11 is 6.11. The molecule has 26 heavy (non-hydrogen) atoms. The molecule has 6 nitrogen and oxygen atoms in total. The van der Waals surface area contributed by atoms with Crippen LogP contribution in [0, 0.1) is 5.92 Å². The zero-order valence-electron chi connectivity index (χ0n) is 15.4. The minimum absolute atomic E-state index is 0.0372. The van der Waals surface area contributed by atoms with Crippen molar-refractivity contribution >= 4 is 17.5 Å². The Balaban J connectivity index is 1.85. The molecule has 2 aromatic rings. The first-order valence-electron chi connectivity index (χ1n) is 9.26. The second kappa shape index (κ2) is 8.18. The van der Waals surface area contributed by atoms with E-state index in [4.69, 9.17) is 17.3 Å².